The molecule has 0 saturated carbocycles. The summed E-state index contributed by atoms with van der Waals surface area (Å²) in [6.45, 7) is 2.30. The number of ether oxygens (including phenoxy) is 1. The summed E-state index contributed by atoms with van der Waals surface area (Å²) in [5, 5.41) is 9.56. The Morgan fingerprint density at radius 2 is 1.92 bits per heavy atom. The van der Waals surface area contributed by atoms with Gasteiger partial charge in [0, 0.05) is 5.56 Å². The molecule has 25 heavy (non-hydrogen) atoms. The van der Waals surface area contributed by atoms with E-state index in [2.05, 4.69) is 0 Å². The molecule has 0 unspecified atom stereocenters. The number of phenolic OH excluding ortho intramolecular Hbond substituents is 1. The highest BCUT2D eigenvalue weighted by atomic mass is 32.2. The maximum absolute atomic E-state index is 12.4. The number of hydrogen-bond donors (Lipinski definition) is 1. The zero-order valence-corrected chi connectivity index (χ0v) is 14.5. The minimum atomic E-state index is -0.368. The van der Waals surface area contributed by atoms with Gasteiger partial charge >= 0.3 is 0 Å². The number of aromatic hydroxyl groups is 1. The zero-order chi connectivity index (χ0) is 17.8. The number of para-hydroxylation sites is 1. The highest BCUT2D eigenvalue weighted by Gasteiger charge is 2.34. The van der Waals surface area contributed by atoms with E-state index in [9.17, 15) is 14.7 Å². The Labute approximate surface area is 149 Å². The molecular weight excluding hydrogens is 338 g/mol. The molecule has 0 aromatic heterocycles. The molecule has 1 aliphatic rings. The Kier molecular flexibility index (Phi) is 5.09. The standard InChI is InChI=1S/C19H17NO4S/c1-13-7-8-16(21)14(11-13)12-17-18(22)20(19(23)25-17)9-10-24-15-5-3-2-4-6-15/h2-8,11-12,21H,9-10H2,1H3/b17-12-. The van der Waals surface area contributed by atoms with Crippen LogP contribution in [0.4, 0.5) is 4.79 Å². The molecule has 0 spiro atoms. The predicted molar refractivity (Wildman–Crippen MR) is 97.5 cm³/mol. The number of phenols is 1. The minimum Gasteiger partial charge on any atom is -0.507 e. The summed E-state index contributed by atoms with van der Waals surface area (Å²) in [5.74, 6) is 0.395. The van der Waals surface area contributed by atoms with Crippen molar-refractivity contribution in [1.82, 2.24) is 4.90 Å². The minimum absolute atomic E-state index is 0.0739. The van der Waals surface area contributed by atoms with Gasteiger partial charge in [-0.1, -0.05) is 29.8 Å². The molecule has 2 aromatic rings. The van der Waals surface area contributed by atoms with Crippen molar-refractivity contribution in [3.05, 3.63) is 64.6 Å². The fourth-order valence-electron chi connectivity index (χ4n) is 2.40. The second-order valence-electron chi connectivity index (χ2n) is 5.56. The number of hydrogen-bond acceptors (Lipinski definition) is 5. The van der Waals surface area contributed by atoms with Gasteiger partial charge < -0.3 is 9.84 Å². The van der Waals surface area contributed by atoms with Crippen LogP contribution >= 0.6 is 11.8 Å². The average molecular weight is 355 g/mol. The number of benzene rings is 2. The van der Waals surface area contributed by atoms with Crippen LogP contribution in [0.15, 0.2) is 53.4 Å². The van der Waals surface area contributed by atoms with Crippen molar-refractivity contribution in [3.63, 3.8) is 0 Å². The number of nitrogens with zero attached hydrogens (tertiary/aromatic N) is 1. The van der Waals surface area contributed by atoms with E-state index in [1.165, 1.54) is 0 Å². The van der Waals surface area contributed by atoms with Gasteiger partial charge in [-0.25, -0.2) is 0 Å². The van der Waals surface area contributed by atoms with E-state index < -0.39 is 0 Å². The first-order valence-corrected chi connectivity index (χ1v) is 8.59. The van der Waals surface area contributed by atoms with Crippen molar-refractivity contribution in [2.45, 2.75) is 6.92 Å². The molecule has 2 aromatic carbocycles. The van der Waals surface area contributed by atoms with Crippen LogP contribution in [0.25, 0.3) is 6.08 Å². The summed E-state index contributed by atoms with van der Waals surface area (Å²) in [7, 11) is 0. The Morgan fingerprint density at radius 3 is 2.68 bits per heavy atom. The van der Waals surface area contributed by atoms with Crippen molar-refractivity contribution in [1.29, 1.82) is 0 Å². The second-order valence-corrected chi connectivity index (χ2v) is 6.55. The largest absolute Gasteiger partial charge is 0.507 e. The van der Waals surface area contributed by atoms with Crippen LogP contribution in [0.5, 0.6) is 11.5 Å². The van der Waals surface area contributed by atoms with Gasteiger partial charge in [0.15, 0.2) is 0 Å². The van der Waals surface area contributed by atoms with Gasteiger partial charge in [-0.3, -0.25) is 14.5 Å². The molecule has 6 heteroatoms. The van der Waals surface area contributed by atoms with E-state index >= 15 is 0 Å². The Hall–Kier alpha value is -2.73. The lowest BCUT2D eigenvalue weighted by molar-refractivity contribution is -0.123. The van der Waals surface area contributed by atoms with Crippen LogP contribution in [0, 0.1) is 6.92 Å². The Balaban J connectivity index is 1.67. The highest BCUT2D eigenvalue weighted by Crippen LogP contribution is 2.33. The number of thioether (sulfide) groups is 1. The molecule has 1 N–H and O–H groups in total. The van der Waals surface area contributed by atoms with Crippen LogP contribution in [0.3, 0.4) is 0 Å². The summed E-state index contributed by atoms with van der Waals surface area (Å²) < 4.78 is 5.54. The molecule has 1 fully saturated rings. The average Bonchev–Trinajstić information content (AvgIpc) is 2.86. The number of carbonyl (C=O) groups is 2. The van der Waals surface area contributed by atoms with Crippen LogP contribution in [-0.4, -0.2) is 34.3 Å². The monoisotopic (exact) mass is 355 g/mol. The summed E-state index contributed by atoms with van der Waals surface area (Å²) in [5.41, 5.74) is 1.48. The van der Waals surface area contributed by atoms with Crippen molar-refractivity contribution in [2.75, 3.05) is 13.2 Å². The molecule has 0 aliphatic carbocycles. The van der Waals surface area contributed by atoms with Gasteiger partial charge in [0.1, 0.15) is 18.1 Å². The number of carbonyl (C=O) groups excluding carboxylic acids is 2. The summed E-state index contributed by atoms with van der Waals surface area (Å²) in [6.07, 6.45) is 1.55. The Bertz CT molecular complexity index is 833. The van der Waals surface area contributed by atoms with E-state index in [0.29, 0.717) is 16.2 Å². The van der Waals surface area contributed by atoms with Crippen LogP contribution in [-0.2, 0) is 4.79 Å². The quantitative estimate of drug-likeness (QED) is 0.826. The fourth-order valence-corrected chi connectivity index (χ4v) is 3.25. The first-order valence-electron chi connectivity index (χ1n) is 7.77. The number of amides is 2. The molecule has 5 nitrogen and oxygen atoms in total. The third-order valence-electron chi connectivity index (χ3n) is 3.67. The lowest BCUT2D eigenvalue weighted by Gasteiger charge is -2.13. The van der Waals surface area contributed by atoms with Gasteiger partial charge in [-0.2, -0.15) is 0 Å². The molecule has 3 rings (SSSR count). The molecule has 0 atom stereocenters. The molecule has 0 radical (unpaired) electrons. The van der Waals surface area contributed by atoms with E-state index in [-0.39, 0.29) is 30.0 Å². The van der Waals surface area contributed by atoms with E-state index in [1.807, 2.05) is 37.3 Å². The van der Waals surface area contributed by atoms with E-state index in [0.717, 1.165) is 22.2 Å². The third kappa shape index (κ3) is 4.03. The lowest BCUT2D eigenvalue weighted by Crippen LogP contribution is -2.32. The second kappa shape index (κ2) is 7.44. The molecule has 128 valence electrons. The first kappa shape index (κ1) is 17.1. The van der Waals surface area contributed by atoms with Gasteiger partial charge in [-0.15, -0.1) is 0 Å². The van der Waals surface area contributed by atoms with Crippen molar-refractivity contribution in [2.24, 2.45) is 0 Å². The molecule has 0 bridgehead atoms. The zero-order valence-electron chi connectivity index (χ0n) is 13.6. The normalized spacial score (nSPS) is 15.9. The summed E-state index contributed by atoms with van der Waals surface area (Å²) in [4.78, 5) is 26.0. The first-order chi connectivity index (χ1) is 12.0. The van der Waals surface area contributed by atoms with Gasteiger partial charge in [0.05, 0.1) is 11.4 Å². The van der Waals surface area contributed by atoms with Crippen LogP contribution < -0.4 is 4.74 Å². The predicted octanol–water partition coefficient (Wildman–Crippen LogP) is 3.82. The van der Waals surface area contributed by atoms with Crippen molar-refractivity contribution in [3.8, 4) is 11.5 Å². The van der Waals surface area contributed by atoms with Crippen LogP contribution in [0.2, 0.25) is 0 Å². The number of imide groups is 1. The SMILES string of the molecule is Cc1ccc(O)c(/C=C2\SC(=O)N(CCOc3ccccc3)C2=O)c1. The molecular formula is C19H17NO4S. The maximum Gasteiger partial charge on any atom is 0.293 e. The molecule has 1 aliphatic heterocycles. The van der Waals surface area contributed by atoms with E-state index in [1.54, 1.807) is 24.3 Å². The summed E-state index contributed by atoms with van der Waals surface area (Å²) in [6, 6.07) is 14.3. The third-order valence-corrected chi connectivity index (χ3v) is 4.58. The topological polar surface area (TPSA) is 66.8 Å². The fraction of sp³-hybridized carbons (Fsp3) is 0.158. The van der Waals surface area contributed by atoms with E-state index in [4.69, 9.17) is 4.74 Å². The molecule has 2 amide bonds. The summed E-state index contributed by atoms with van der Waals surface area (Å²) >= 11 is 0.869. The van der Waals surface area contributed by atoms with Crippen molar-refractivity contribution < 1.29 is 19.4 Å². The molecule has 1 heterocycles. The van der Waals surface area contributed by atoms with Crippen LogP contribution in [0.1, 0.15) is 11.1 Å². The molecule has 1 saturated heterocycles. The maximum atomic E-state index is 12.4. The number of aryl methyl sites for hydroxylation is 1. The van der Waals surface area contributed by atoms with Crippen molar-refractivity contribution >= 4 is 29.0 Å². The lowest BCUT2D eigenvalue weighted by atomic mass is 10.1. The van der Waals surface area contributed by atoms with Gasteiger partial charge in [-0.05, 0) is 49.0 Å². The Morgan fingerprint density at radius 1 is 1.16 bits per heavy atom. The highest BCUT2D eigenvalue weighted by molar-refractivity contribution is 8.18. The number of rotatable bonds is 5. The van der Waals surface area contributed by atoms with Gasteiger partial charge in [0.25, 0.3) is 11.1 Å². The van der Waals surface area contributed by atoms with Gasteiger partial charge in [0.2, 0.25) is 0 Å². The smallest absolute Gasteiger partial charge is 0.293 e.